The number of hydrogen-bond acceptors (Lipinski definition) is 6. The average Bonchev–Trinajstić information content (AvgIpc) is 3.41. The van der Waals surface area contributed by atoms with Crippen molar-refractivity contribution in [3.63, 3.8) is 0 Å². The minimum Gasteiger partial charge on any atom is -0.494 e. The fourth-order valence-electron chi connectivity index (χ4n) is 5.05. The first kappa shape index (κ1) is 32.7. The molecule has 4 aromatic rings. The van der Waals surface area contributed by atoms with Gasteiger partial charge in [0.1, 0.15) is 17.4 Å². The lowest BCUT2D eigenvalue weighted by molar-refractivity contribution is -0.130. The third-order valence-electron chi connectivity index (χ3n) is 7.25. The molecule has 0 aliphatic carbocycles. The Morgan fingerprint density at radius 1 is 0.911 bits per heavy atom. The monoisotopic (exact) mass is 741 g/mol. The molecule has 4 aromatic carbocycles. The zero-order chi connectivity index (χ0) is 31.8. The van der Waals surface area contributed by atoms with Crippen molar-refractivity contribution in [2.24, 2.45) is 4.99 Å². The van der Waals surface area contributed by atoms with Gasteiger partial charge in [-0.05, 0) is 83.8 Å². The van der Waals surface area contributed by atoms with E-state index in [0.29, 0.717) is 35.8 Å². The number of aliphatic hydroxyl groups excluding tert-OH is 1. The number of rotatable bonds is 13. The van der Waals surface area contributed by atoms with Gasteiger partial charge in [0.25, 0.3) is 5.91 Å². The summed E-state index contributed by atoms with van der Waals surface area (Å²) >= 11 is 6.96. The van der Waals surface area contributed by atoms with Crippen LogP contribution in [0.25, 0.3) is 0 Å². The number of aliphatic hydroxyl groups is 1. The smallest absolute Gasteiger partial charge is 0.266 e. The van der Waals surface area contributed by atoms with Crippen molar-refractivity contribution in [3.8, 4) is 5.75 Å². The van der Waals surface area contributed by atoms with Crippen molar-refractivity contribution < 1.29 is 28.2 Å². The van der Waals surface area contributed by atoms with Gasteiger partial charge in [0, 0.05) is 46.6 Å². The SMILES string of the molecule is O=C(NNCCc1cc(F)cc(F)c1)[C@@]1(Cc2ccc(Br)cc2)N=C(c2ccc(OCCCO)cc2)O[C@H]1c1ccc(Br)cc1. The van der Waals surface area contributed by atoms with E-state index in [1.165, 1.54) is 12.1 Å². The second-order valence-electron chi connectivity index (χ2n) is 10.6. The minimum absolute atomic E-state index is 0.0426. The first-order valence-corrected chi connectivity index (χ1v) is 15.9. The van der Waals surface area contributed by atoms with Gasteiger partial charge in [-0.1, -0.05) is 56.1 Å². The predicted octanol–water partition coefficient (Wildman–Crippen LogP) is 6.61. The molecular formula is C34H31Br2F2N3O4. The van der Waals surface area contributed by atoms with E-state index in [1.54, 1.807) is 12.1 Å². The first-order valence-electron chi connectivity index (χ1n) is 14.3. The second kappa shape index (κ2) is 15.1. The van der Waals surface area contributed by atoms with E-state index in [0.717, 1.165) is 26.1 Å². The van der Waals surface area contributed by atoms with Crippen LogP contribution >= 0.6 is 31.9 Å². The maximum absolute atomic E-state index is 14.2. The Hall–Kier alpha value is -3.64. The number of ether oxygens (including phenoxy) is 2. The van der Waals surface area contributed by atoms with Gasteiger partial charge < -0.3 is 14.6 Å². The summed E-state index contributed by atoms with van der Waals surface area (Å²) in [4.78, 5) is 19.2. The number of nitrogens with one attached hydrogen (secondary N) is 2. The number of amides is 1. The van der Waals surface area contributed by atoms with Crippen molar-refractivity contribution >= 4 is 43.7 Å². The van der Waals surface area contributed by atoms with Crippen LogP contribution in [0.1, 0.15) is 34.8 Å². The van der Waals surface area contributed by atoms with Crippen molar-refractivity contribution in [1.82, 2.24) is 10.9 Å². The van der Waals surface area contributed by atoms with E-state index in [4.69, 9.17) is 19.6 Å². The fourth-order valence-corrected chi connectivity index (χ4v) is 5.58. The third-order valence-corrected chi connectivity index (χ3v) is 8.31. The van der Waals surface area contributed by atoms with Crippen molar-refractivity contribution in [2.75, 3.05) is 19.8 Å². The molecule has 0 bridgehead atoms. The number of nitrogens with zero attached hydrogens (tertiary/aromatic N) is 1. The van der Waals surface area contributed by atoms with E-state index >= 15 is 0 Å². The Kier molecular flexibility index (Phi) is 11.0. The maximum atomic E-state index is 14.2. The Morgan fingerprint density at radius 3 is 2.20 bits per heavy atom. The molecule has 0 aromatic heterocycles. The van der Waals surface area contributed by atoms with Crippen LogP contribution in [0, 0.1) is 11.6 Å². The summed E-state index contributed by atoms with van der Waals surface area (Å²) in [5.74, 6) is -0.810. The number of aliphatic imine (C=N–C) groups is 1. The Balaban J connectivity index is 1.46. The Bertz CT molecular complexity index is 1620. The minimum atomic E-state index is -1.43. The second-order valence-corrected chi connectivity index (χ2v) is 12.4. The number of halogens is 4. The molecule has 0 saturated carbocycles. The standard InChI is InChI=1S/C34H31Br2F2N3O4/c35-26-8-2-22(3-9-26)21-34(33(43)41-39-15-14-23-18-28(37)20-29(38)19-23)31(24-4-10-27(36)11-5-24)45-32(40-34)25-6-12-30(13-7-25)44-17-1-16-42/h2-13,18-20,31,39,42H,1,14-17,21H2,(H,41,43)/t31-,34-/m0/s1. The fraction of sp³-hybridized carbons (Fsp3) is 0.235. The van der Waals surface area contributed by atoms with Crippen molar-refractivity contribution in [2.45, 2.75) is 30.9 Å². The normalized spacial score (nSPS) is 17.4. The quantitative estimate of drug-likeness (QED) is 0.106. The summed E-state index contributed by atoms with van der Waals surface area (Å²) in [6.07, 6.45) is 0.231. The van der Waals surface area contributed by atoms with E-state index in [-0.39, 0.29) is 26.0 Å². The molecule has 0 spiro atoms. The predicted molar refractivity (Wildman–Crippen MR) is 175 cm³/mol. The van der Waals surface area contributed by atoms with E-state index in [1.807, 2.05) is 60.7 Å². The highest BCUT2D eigenvalue weighted by atomic mass is 79.9. The van der Waals surface area contributed by atoms with Crippen LogP contribution in [0.5, 0.6) is 5.75 Å². The van der Waals surface area contributed by atoms with Gasteiger partial charge in [0.05, 0.1) is 6.61 Å². The van der Waals surface area contributed by atoms with Crippen LogP contribution in [0.2, 0.25) is 0 Å². The van der Waals surface area contributed by atoms with Gasteiger partial charge in [-0.25, -0.2) is 19.2 Å². The zero-order valence-electron chi connectivity index (χ0n) is 24.1. The molecule has 2 atom stereocenters. The Labute approximate surface area is 276 Å². The van der Waals surface area contributed by atoms with Gasteiger partial charge in [-0.3, -0.25) is 10.2 Å². The number of hydrogen-bond donors (Lipinski definition) is 3. The van der Waals surface area contributed by atoms with Crippen LogP contribution in [0.3, 0.4) is 0 Å². The lowest BCUT2D eigenvalue weighted by atomic mass is 9.82. The summed E-state index contributed by atoms with van der Waals surface area (Å²) in [6.45, 7) is 0.651. The number of benzene rings is 4. The molecule has 0 fully saturated rings. The molecule has 5 rings (SSSR count). The van der Waals surface area contributed by atoms with Crippen molar-refractivity contribution in [3.05, 3.63) is 134 Å². The van der Waals surface area contributed by atoms with Crippen LogP contribution < -0.4 is 15.6 Å². The molecule has 3 N–H and O–H groups in total. The first-order chi connectivity index (χ1) is 21.8. The molecule has 234 valence electrons. The highest BCUT2D eigenvalue weighted by Crippen LogP contribution is 2.43. The topological polar surface area (TPSA) is 92.2 Å². The maximum Gasteiger partial charge on any atom is 0.266 e. The molecule has 45 heavy (non-hydrogen) atoms. The van der Waals surface area contributed by atoms with Gasteiger partial charge in [-0.15, -0.1) is 0 Å². The lowest BCUT2D eigenvalue weighted by Crippen LogP contribution is -2.54. The van der Waals surface area contributed by atoms with Crippen LogP contribution in [0.15, 0.2) is 105 Å². The molecule has 0 radical (unpaired) electrons. The molecule has 7 nitrogen and oxygen atoms in total. The summed E-state index contributed by atoms with van der Waals surface area (Å²) in [7, 11) is 0. The highest BCUT2D eigenvalue weighted by molar-refractivity contribution is 9.10. The van der Waals surface area contributed by atoms with Gasteiger partial charge in [0.15, 0.2) is 11.6 Å². The van der Waals surface area contributed by atoms with Gasteiger partial charge >= 0.3 is 0 Å². The summed E-state index contributed by atoms with van der Waals surface area (Å²) in [5.41, 5.74) is 7.03. The van der Waals surface area contributed by atoms with Crippen LogP contribution in [0.4, 0.5) is 8.78 Å². The van der Waals surface area contributed by atoms with E-state index in [2.05, 4.69) is 42.7 Å². The average molecular weight is 743 g/mol. The zero-order valence-corrected chi connectivity index (χ0v) is 27.3. The summed E-state index contributed by atoms with van der Waals surface area (Å²) in [5, 5.41) is 9.04. The molecule has 1 aliphatic heterocycles. The van der Waals surface area contributed by atoms with Crippen LogP contribution in [-0.4, -0.2) is 42.2 Å². The third kappa shape index (κ3) is 8.35. The summed E-state index contributed by atoms with van der Waals surface area (Å²) < 4.78 is 41.3. The lowest BCUT2D eigenvalue weighted by Gasteiger charge is -2.31. The highest BCUT2D eigenvalue weighted by Gasteiger charge is 2.53. The number of carbonyl (C=O) groups is 1. The van der Waals surface area contributed by atoms with E-state index in [9.17, 15) is 13.6 Å². The van der Waals surface area contributed by atoms with Crippen LogP contribution in [-0.2, 0) is 22.4 Å². The molecule has 1 aliphatic rings. The molecule has 11 heteroatoms. The molecule has 1 heterocycles. The van der Waals surface area contributed by atoms with Gasteiger partial charge in [0.2, 0.25) is 5.90 Å². The molecule has 0 saturated heterocycles. The number of carbonyl (C=O) groups excluding carboxylic acids is 1. The molecule has 0 unspecified atom stereocenters. The molecule has 1 amide bonds. The molecular weight excluding hydrogens is 712 g/mol. The number of hydrazine groups is 1. The summed E-state index contributed by atoms with van der Waals surface area (Å²) in [6, 6.07) is 25.8. The van der Waals surface area contributed by atoms with E-state index < -0.39 is 29.2 Å². The largest absolute Gasteiger partial charge is 0.494 e. The van der Waals surface area contributed by atoms with Crippen molar-refractivity contribution in [1.29, 1.82) is 0 Å². The van der Waals surface area contributed by atoms with Gasteiger partial charge in [-0.2, -0.15) is 0 Å². The Morgan fingerprint density at radius 2 is 1.56 bits per heavy atom.